The molecule has 2 fully saturated rings. The number of amides is 3. The van der Waals surface area contributed by atoms with Gasteiger partial charge in [-0.3, -0.25) is 19.3 Å². The van der Waals surface area contributed by atoms with Gasteiger partial charge in [0.1, 0.15) is 6.54 Å². The summed E-state index contributed by atoms with van der Waals surface area (Å²) in [6.45, 7) is 4.05. The molecule has 8 heteroatoms. The lowest BCUT2D eigenvalue weighted by Crippen LogP contribution is -2.49. The van der Waals surface area contributed by atoms with Gasteiger partial charge < -0.3 is 4.90 Å². The molecule has 26 heavy (non-hydrogen) atoms. The third-order valence-electron chi connectivity index (χ3n) is 5.42. The molecule has 0 aromatic carbocycles. The fourth-order valence-electron chi connectivity index (χ4n) is 4.12. The molecule has 3 atom stereocenters. The van der Waals surface area contributed by atoms with E-state index in [1.54, 1.807) is 4.90 Å². The monoisotopic (exact) mass is 382 g/mol. The lowest BCUT2D eigenvalue weighted by molar-refractivity contribution is -0.147. The van der Waals surface area contributed by atoms with E-state index in [9.17, 15) is 22.8 Å². The summed E-state index contributed by atoms with van der Waals surface area (Å²) in [5.74, 6) is -1.40. The molecule has 3 rings (SSSR count). The van der Waals surface area contributed by atoms with E-state index in [2.05, 4.69) is 0 Å². The Labute approximate surface area is 154 Å². The van der Waals surface area contributed by atoms with Crippen molar-refractivity contribution in [1.29, 1.82) is 0 Å². The molecule has 3 amide bonds. The number of carbonyl (C=O) groups excluding carboxylic acids is 3. The van der Waals surface area contributed by atoms with Crippen LogP contribution in [-0.2, 0) is 24.2 Å². The standard InChI is InChI=1S/C18H26N2O5S/c1-12(2)9-19(13-7-8-26(24,25)11-13)16(21)10-20-17(22)14-5-3-4-6-15(14)18(20)23/h3-4,12-15H,5-11H2,1-2H3. The predicted octanol–water partition coefficient (Wildman–Crippen LogP) is 0.609. The number of nitrogens with zero attached hydrogens (tertiary/aromatic N) is 2. The number of allylic oxidation sites excluding steroid dienone is 2. The number of hydrogen-bond donors (Lipinski definition) is 0. The van der Waals surface area contributed by atoms with Crippen molar-refractivity contribution in [3.63, 3.8) is 0 Å². The minimum atomic E-state index is -3.13. The largest absolute Gasteiger partial charge is 0.337 e. The highest BCUT2D eigenvalue weighted by Gasteiger charge is 2.48. The van der Waals surface area contributed by atoms with Crippen LogP contribution in [0.2, 0.25) is 0 Å². The van der Waals surface area contributed by atoms with Gasteiger partial charge in [-0.1, -0.05) is 26.0 Å². The third kappa shape index (κ3) is 3.70. The number of carbonyl (C=O) groups is 3. The minimum absolute atomic E-state index is 0.0392. The van der Waals surface area contributed by atoms with Crippen LogP contribution < -0.4 is 0 Å². The number of fused-ring (bicyclic) bond motifs is 1. The van der Waals surface area contributed by atoms with Gasteiger partial charge in [0.2, 0.25) is 17.7 Å². The van der Waals surface area contributed by atoms with Crippen molar-refractivity contribution >= 4 is 27.6 Å². The molecule has 0 aromatic rings. The smallest absolute Gasteiger partial charge is 0.243 e. The zero-order valence-electron chi connectivity index (χ0n) is 15.3. The Balaban J connectivity index is 1.73. The lowest BCUT2D eigenvalue weighted by Gasteiger charge is -2.31. The first-order chi connectivity index (χ1) is 12.2. The fraction of sp³-hybridized carbons (Fsp3) is 0.722. The van der Waals surface area contributed by atoms with Gasteiger partial charge in [0.05, 0.1) is 23.3 Å². The van der Waals surface area contributed by atoms with E-state index in [0.717, 1.165) is 4.90 Å². The maximum Gasteiger partial charge on any atom is 0.243 e. The SMILES string of the molecule is CC(C)CN(C(=O)CN1C(=O)C2CC=CCC2C1=O)C1CCS(=O)(=O)C1. The van der Waals surface area contributed by atoms with E-state index in [1.165, 1.54) is 0 Å². The number of rotatable bonds is 5. The fourth-order valence-corrected chi connectivity index (χ4v) is 5.85. The summed E-state index contributed by atoms with van der Waals surface area (Å²) in [6.07, 6.45) is 5.31. The molecule has 1 aliphatic carbocycles. The van der Waals surface area contributed by atoms with Gasteiger partial charge in [-0.2, -0.15) is 0 Å². The number of sulfone groups is 1. The maximum atomic E-state index is 12.9. The van der Waals surface area contributed by atoms with E-state index in [1.807, 2.05) is 26.0 Å². The molecular weight excluding hydrogens is 356 g/mol. The summed E-state index contributed by atoms with van der Waals surface area (Å²) in [6, 6.07) is -0.369. The van der Waals surface area contributed by atoms with Crippen molar-refractivity contribution in [1.82, 2.24) is 9.80 Å². The second-order valence-corrected chi connectivity index (χ2v) is 10.1. The van der Waals surface area contributed by atoms with Gasteiger partial charge in [0, 0.05) is 12.6 Å². The van der Waals surface area contributed by atoms with Gasteiger partial charge in [0.15, 0.2) is 9.84 Å². The maximum absolute atomic E-state index is 12.9. The molecule has 2 heterocycles. The Morgan fingerprint density at radius 2 is 1.77 bits per heavy atom. The van der Waals surface area contributed by atoms with Crippen LogP contribution in [0.15, 0.2) is 12.2 Å². The van der Waals surface area contributed by atoms with Gasteiger partial charge in [-0.25, -0.2) is 8.42 Å². The van der Waals surface area contributed by atoms with Crippen molar-refractivity contribution < 1.29 is 22.8 Å². The van der Waals surface area contributed by atoms with Crippen LogP contribution in [0, 0.1) is 17.8 Å². The summed E-state index contributed by atoms with van der Waals surface area (Å²) in [7, 11) is -3.13. The van der Waals surface area contributed by atoms with Crippen molar-refractivity contribution in [3.8, 4) is 0 Å². The second kappa shape index (κ2) is 7.13. The van der Waals surface area contributed by atoms with Crippen molar-refractivity contribution in [2.45, 2.75) is 39.2 Å². The summed E-state index contributed by atoms with van der Waals surface area (Å²) in [5.41, 5.74) is 0. The molecule has 0 N–H and O–H groups in total. The van der Waals surface area contributed by atoms with Gasteiger partial charge in [0.25, 0.3) is 0 Å². The molecule has 2 saturated heterocycles. The lowest BCUT2D eigenvalue weighted by atomic mass is 9.85. The zero-order valence-corrected chi connectivity index (χ0v) is 16.1. The normalized spacial score (nSPS) is 30.1. The van der Waals surface area contributed by atoms with Crippen molar-refractivity contribution in [2.75, 3.05) is 24.6 Å². The van der Waals surface area contributed by atoms with E-state index < -0.39 is 9.84 Å². The molecule has 0 radical (unpaired) electrons. The van der Waals surface area contributed by atoms with Crippen LogP contribution in [0.4, 0.5) is 0 Å². The first-order valence-corrected chi connectivity index (χ1v) is 11.0. The average molecular weight is 382 g/mol. The van der Waals surface area contributed by atoms with Crippen molar-refractivity contribution in [3.05, 3.63) is 12.2 Å². The quantitative estimate of drug-likeness (QED) is 0.513. The molecule has 3 unspecified atom stereocenters. The van der Waals surface area contributed by atoms with E-state index in [-0.39, 0.29) is 59.6 Å². The number of likely N-dealkylation sites (tertiary alicyclic amines) is 1. The van der Waals surface area contributed by atoms with E-state index >= 15 is 0 Å². The molecule has 144 valence electrons. The molecule has 0 bridgehead atoms. The van der Waals surface area contributed by atoms with Crippen LogP contribution >= 0.6 is 0 Å². The summed E-state index contributed by atoms with van der Waals surface area (Å²) in [5, 5.41) is 0. The Kier molecular flexibility index (Phi) is 5.23. The summed E-state index contributed by atoms with van der Waals surface area (Å²) >= 11 is 0. The molecule has 3 aliphatic rings. The molecule has 0 spiro atoms. The summed E-state index contributed by atoms with van der Waals surface area (Å²) < 4.78 is 23.6. The highest BCUT2D eigenvalue weighted by molar-refractivity contribution is 7.91. The molecular formula is C18H26N2O5S. The zero-order chi connectivity index (χ0) is 19.1. The average Bonchev–Trinajstić information content (AvgIpc) is 3.05. The Morgan fingerprint density at radius 1 is 1.19 bits per heavy atom. The van der Waals surface area contributed by atoms with Crippen LogP contribution in [0.3, 0.4) is 0 Å². The van der Waals surface area contributed by atoms with Gasteiger partial charge in [-0.15, -0.1) is 0 Å². The van der Waals surface area contributed by atoms with E-state index in [4.69, 9.17) is 0 Å². The first kappa shape index (κ1) is 19.1. The Bertz CT molecular complexity index is 717. The predicted molar refractivity (Wildman–Crippen MR) is 95.7 cm³/mol. The van der Waals surface area contributed by atoms with E-state index in [0.29, 0.717) is 25.8 Å². The number of hydrogen-bond acceptors (Lipinski definition) is 5. The topological polar surface area (TPSA) is 91.8 Å². The Hall–Kier alpha value is -1.70. The Morgan fingerprint density at radius 3 is 2.23 bits per heavy atom. The second-order valence-electron chi connectivity index (χ2n) is 7.92. The van der Waals surface area contributed by atoms with Gasteiger partial charge in [-0.05, 0) is 25.2 Å². The molecule has 7 nitrogen and oxygen atoms in total. The highest BCUT2D eigenvalue weighted by atomic mass is 32.2. The summed E-state index contributed by atoms with van der Waals surface area (Å²) in [4.78, 5) is 40.7. The number of imide groups is 1. The highest BCUT2D eigenvalue weighted by Crippen LogP contribution is 2.35. The molecule has 0 saturated carbocycles. The van der Waals surface area contributed by atoms with Crippen molar-refractivity contribution in [2.24, 2.45) is 17.8 Å². The van der Waals surface area contributed by atoms with Crippen LogP contribution in [-0.4, -0.2) is 66.6 Å². The molecule has 2 aliphatic heterocycles. The van der Waals surface area contributed by atoms with Crippen LogP contribution in [0.25, 0.3) is 0 Å². The van der Waals surface area contributed by atoms with Gasteiger partial charge >= 0.3 is 0 Å². The third-order valence-corrected chi connectivity index (χ3v) is 7.17. The first-order valence-electron chi connectivity index (χ1n) is 9.19. The van der Waals surface area contributed by atoms with Crippen LogP contribution in [0.1, 0.15) is 33.1 Å². The molecule has 0 aromatic heterocycles. The van der Waals surface area contributed by atoms with Crippen LogP contribution in [0.5, 0.6) is 0 Å². The minimum Gasteiger partial charge on any atom is -0.337 e.